The second kappa shape index (κ2) is 11.3. The maximum Gasteiger partial charge on any atom is 0.229 e. The summed E-state index contributed by atoms with van der Waals surface area (Å²) in [6, 6.07) is 0. The van der Waals surface area contributed by atoms with Gasteiger partial charge in [0, 0.05) is 19.8 Å². The molecule has 132 valence electrons. The highest BCUT2D eigenvalue weighted by atomic mass is 32.2. The molecule has 0 aromatic rings. The average molecular weight is 334 g/mol. The quantitative estimate of drug-likeness (QED) is 0.554. The molecule has 5 heteroatoms. The molecule has 1 N–H and O–H groups in total. The molecule has 0 bridgehead atoms. The molecule has 1 amide bonds. The maximum absolute atomic E-state index is 11.5. The highest BCUT2D eigenvalue weighted by Crippen LogP contribution is 2.17. The van der Waals surface area contributed by atoms with Crippen molar-refractivity contribution < 1.29 is 14.3 Å². The zero-order valence-corrected chi connectivity index (χ0v) is 16.1. The number of rotatable bonds is 12. The number of nitrogens with one attached hydrogen (secondary N) is 1. The van der Waals surface area contributed by atoms with Crippen LogP contribution in [0.4, 0.5) is 0 Å². The molecule has 0 aliphatic heterocycles. The van der Waals surface area contributed by atoms with Crippen LogP contribution in [-0.2, 0) is 14.3 Å². The summed E-state index contributed by atoms with van der Waals surface area (Å²) in [5.74, 6) is 1.72. The summed E-state index contributed by atoms with van der Waals surface area (Å²) >= 11 is 1.68. The van der Waals surface area contributed by atoms with E-state index in [4.69, 9.17) is 9.47 Å². The lowest BCUT2D eigenvalue weighted by atomic mass is 10.1. The van der Waals surface area contributed by atoms with E-state index in [1.165, 1.54) is 0 Å². The Bertz CT molecular complexity index is 301. The first-order chi connectivity index (χ1) is 10.2. The monoisotopic (exact) mass is 333 g/mol. The highest BCUT2D eigenvalue weighted by Gasteiger charge is 2.20. The summed E-state index contributed by atoms with van der Waals surface area (Å²) in [4.78, 5) is 11.5. The Balaban J connectivity index is 3.61. The molecule has 0 aromatic carbocycles. The predicted molar refractivity (Wildman–Crippen MR) is 95.6 cm³/mol. The Morgan fingerprint density at radius 1 is 1.09 bits per heavy atom. The number of ether oxygens (including phenoxy) is 2. The smallest absolute Gasteiger partial charge is 0.229 e. The van der Waals surface area contributed by atoms with Crippen molar-refractivity contribution in [1.29, 1.82) is 0 Å². The topological polar surface area (TPSA) is 47.6 Å². The van der Waals surface area contributed by atoms with Gasteiger partial charge in [0.05, 0.1) is 17.0 Å². The predicted octanol–water partition coefficient (Wildman–Crippen LogP) is 3.64. The minimum absolute atomic E-state index is 0.101. The highest BCUT2D eigenvalue weighted by molar-refractivity contribution is 7.99. The van der Waals surface area contributed by atoms with Crippen molar-refractivity contribution in [2.75, 3.05) is 31.3 Å². The average Bonchev–Trinajstić information content (AvgIpc) is 2.36. The van der Waals surface area contributed by atoms with E-state index in [-0.39, 0.29) is 17.1 Å². The van der Waals surface area contributed by atoms with Gasteiger partial charge in [-0.3, -0.25) is 4.79 Å². The van der Waals surface area contributed by atoms with Crippen LogP contribution in [-0.4, -0.2) is 48.4 Å². The van der Waals surface area contributed by atoms with Crippen LogP contribution in [0.15, 0.2) is 0 Å². The first-order valence-electron chi connectivity index (χ1n) is 8.28. The Hall–Kier alpha value is -0.260. The molecule has 0 unspecified atom stereocenters. The van der Waals surface area contributed by atoms with Gasteiger partial charge in [-0.25, -0.2) is 0 Å². The maximum atomic E-state index is 11.5. The van der Waals surface area contributed by atoms with Crippen LogP contribution in [0.2, 0.25) is 0 Å². The molecule has 0 atom stereocenters. The fraction of sp³-hybridized carbons (Fsp3) is 0.941. The standard InChI is InChI=1S/C17H35NO3S/c1-7-13-22-14-15(19)18-10-8-11-21-17(5,6)9-12-20-16(2,3)4/h7-14H2,1-6H3,(H,18,19). The van der Waals surface area contributed by atoms with Crippen LogP contribution in [0.25, 0.3) is 0 Å². The SMILES string of the molecule is CCCSCC(=O)NCCCOC(C)(C)CCOC(C)(C)C. The minimum Gasteiger partial charge on any atom is -0.376 e. The Labute approximate surface area is 141 Å². The number of thioether (sulfide) groups is 1. The lowest BCUT2D eigenvalue weighted by Crippen LogP contribution is -2.31. The van der Waals surface area contributed by atoms with Gasteiger partial charge < -0.3 is 14.8 Å². The number of amides is 1. The lowest BCUT2D eigenvalue weighted by molar-refractivity contribution is -0.118. The second-order valence-corrected chi connectivity index (χ2v) is 8.18. The molecule has 22 heavy (non-hydrogen) atoms. The Kier molecular flexibility index (Phi) is 11.2. The molecule has 0 aromatic heterocycles. The second-order valence-electron chi connectivity index (χ2n) is 7.08. The fourth-order valence-electron chi connectivity index (χ4n) is 1.68. The third kappa shape index (κ3) is 14.7. The molecule has 0 radical (unpaired) electrons. The fourth-order valence-corrected chi connectivity index (χ4v) is 2.40. The summed E-state index contributed by atoms with van der Waals surface area (Å²) in [5, 5.41) is 2.93. The van der Waals surface area contributed by atoms with Crippen LogP contribution in [0, 0.1) is 0 Å². The summed E-state index contributed by atoms with van der Waals surface area (Å²) < 4.78 is 11.6. The largest absolute Gasteiger partial charge is 0.376 e. The molecule has 0 rings (SSSR count). The van der Waals surface area contributed by atoms with Crippen molar-refractivity contribution >= 4 is 17.7 Å². The third-order valence-electron chi connectivity index (χ3n) is 2.96. The van der Waals surface area contributed by atoms with E-state index < -0.39 is 0 Å². The number of hydrogen-bond donors (Lipinski definition) is 1. The molecule has 0 saturated heterocycles. The number of carbonyl (C=O) groups excluding carboxylic acids is 1. The molecular formula is C17H35NO3S. The van der Waals surface area contributed by atoms with Gasteiger partial charge in [0.2, 0.25) is 5.91 Å². The molecule has 0 aliphatic rings. The van der Waals surface area contributed by atoms with Crippen LogP contribution < -0.4 is 5.32 Å². The Morgan fingerprint density at radius 2 is 1.77 bits per heavy atom. The molecule has 4 nitrogen and oxygen atoms in total. The van der Waals surface area contributed by atoms with Crippen LogP contribution in [0.5, 0.6) is 0 Å². The van der Waals surface area contributed by atoms with Gasteiger partial charge >= 0.3 is 0 Å². The molecule has 0 spiro atoms. The van der Waals surface area contributed by atoms with E-state index in [1.54, 1.807) is 11.8 Å². The van der Waals surface area contributed by atoms with Gasteiger partial charge in [-0.1, -0.05) is 6.92 Å². The van der Waals surface area contributed by atoms with E-state index >= 15 is 0 Å². The molecule has 0 heterocycles. The van der Waals surface area contributed by atoms with Crippen LogP contribution in [0.3, 0.4) is 0 Å². The zero-order chi connectivity index (χ0) is 17.1. The molecular weight excluding hydrogens is 298 g/mol. The normalized spacial score (nSPS) is 12.5. The minimum atomic E-state index is -0.188. The van der Waals surface area contributed by atoms with E-state index in [2.05, 4.69) is 46.9 Å². The van der Waals surface area contributed by atoms with Crippen molar-refractivity contribution in [3.8, 4) is 0 Å². The van der Waals surface area contributed by atoms with Crippen molar-refractivity contribution in [1.82, 2.24) is 5.32 Å². The van der Waals surface area contributed by atoms with E-state index in [0.29, 0.717) is 25.5 Å². The van der Waals surface area contributed by atoms with Gasteiger partial charge in [0.1, 0.15) is 0 Å². The summed E-state index contributed by atoms with van der Waals surface area (Å²) in [5.41, 5.74) is -0.289. The summed E-state index contributed by atoms with van der Waals surface area (Å²) in [7, 11) is 0. The first-order valence-corrected chi connectivity index (χ1v) is 9.44. The van der Waals surface area contributed by atoms with Crippen molar-refractivity contribution in [3.05, 3.63) is 0 Å². The van der Waals surface area contributed by atoms with Gasteiger partial charge in [-0.15, -0.1) is 0 Å². The third-order valence-corrected chi connectivity index (χ3v) is 4.12. The summed E-state index contributed by atoms with van der Waals surface area (Å²) in [6.07, 6.45) is 2.82. The molecule has 0 saturated carbocycles. The Morgan fingerprint density at radius 3 is 2.36 bits per heavy atom. The van der Waals surface area contributed by atoms with E-state index in [0.717, 1.165) is 25.0 Å². The number of carbonyl (C=O) groups is 1. The van der Waals surface area contributed by atoms with E-state index in [9.17, 15) is 4.79 Å². The van der Waals surface area contributed by atoms with Crippen LogP contribution in [0.1, 0.15) is 60.8 Å². The van der Waals surface area contributed by atoms with Gasteiger partial charge in [0.25, 0.3) is 0 Å². The van der Waals surface area contributed by atoms with Gasteiger partial charge in [0.15, 0.2) is 0 Å². The molecule has 0 aliphatic carbocycles. The van der Waals surface area contributed by atoms with Gasteiger partial charge in [-0.2, -0.15) is 11.8 Å². The zero-order valence-electron chi connectivity index (χ0n) is 15.3. The number of hydrogen-bond acceptors (Lipinski definition) is 4. The van der Waals surface area contributed by atoms with Gasteiger partial charge in [-0.05, 0) is 59.6 Å². The first kappa shape index (κ1) is 21.7. The van der Waals surface area contributed by atoms with Crippen molar-refractivity contribution in [3.63, 3.8) is 0 Å². The van der Waals surface area contributed by atoms with Crippen LogP contribution >= 0.6 is 11.8 Å². The van der Waals surface area contributed by atoms with Crippen molar-refractivity contribution in [2.24, 2.45) is 0 Å². The summed E-state index contributed by atoms with van der Waals surface area (Å²) in [6.45, 7) is 14.5. The molecule has 0 fully saturated rings. The van der Waals surface area contributed by atoms with E-state index in [1.807, 2.05) is 0 Å². The lowest BCUT2D eigenvalue weighted by Gasteiger charge is -2.28. The van der Waals surface area contributed by atoms with Crippen molar-refractivity contribution in [2.45, 2.75) is 72.0 Å².